The van der Waals surface area contributed by atoms with Crippen LogP contribution in [0.4, 0.5) is 0 Å². The number of Topliss-reactive ketones (excluding diaryl/α,β-unsaturated/α-hetero) is 1. The second-order valence-electron chi connectivity index (χ2n) is 22.8. The number of rotatable bonds is 24. The van der Waals surface area contributed by atoms with Crippen molar-refractivity contribution in [2.45, 2.75) is 241 Å². The van der Waals surface area contributed by atoms with Gasteiger partial charge in [0.05, 0.1) is 18.9 Å². The number of ether oxygens (including phenoxy) is 1. The first-order chi connectivity index (χ1) is 35.5. The summed E-state index contributed by atoms with van der Waals surface area (Å²) in [5.74, 6) is -10.6. The van der Waals surface area contributed by atoms with Crippen LogP contribution in [0.1, 0.15) is 199 Å². The molecule has 0 spiro atoms. The summed E-state index contributed by atoms with van der Waals surface area (Å²) in [7, 11) is 0. The van der Waals surface area contributed by atoms with Gasteiger partial charge >= 0.3 is 68.4 Å². The summed E-state index contributed by atoms with van der Waals surface area (Å²) in [6.07, 6.45) is 4.84. The molecule has 1 fully saturated rings. The molecule has 0 radical (unpaired) electrons. The topological polar surface area (TPSA) is 293 Å². The molecule has 0 aromatic heterocycles. The summed E-state index contributed by atoms with van der Waals surface area (Å²) in [6, 6.07) is -8.12. The van der Waals surface area contributed by atoms with E-state index in [1.54, 1.807) is 27.7 Å². The molecule has 1 aliphatic heterocycles. The zero-order valence-corrected chi connectivity index (χ0v) is 53.8. The molecule has 0 saturated carbocycles. The van der Waals surface area contributed by atoms with Gasteiger partial charge in [0.1, 0.15) is 36.3 Å². The van der Waals surface area contributed by atoms with E-state index in [0.717, 1.165) is 38.5 Å². The van der Waals surface area contributed by atoms with Gasteiger partial charge < -0.3 is 46.9 Å². The van der Waals surface area contributed by atoms with Gasteiger partial charge in [-0.1, -0.05) is 128 Å². The predicted molar refractivity (Wildman–Crippen MR) is 305 cm³/mol. The summed E-state index contributed by atoms with van der Waals surface area (Å²) < 4.78 is 6.06. The zero-order chi connectivity index (χ0) is 58.2. The van der Waals surface area contributed by atoms with Gasteiger partial charge in [-0.2, -0.15) is 0 Å². The van der Waals surface area contributed by atoms with Gasteiger partial charge in [0.2, 0.25) is 35.4 Å². The molecule has 8 atom stereocenters. The second-order valence-corrected chi connectivity index (χ2v) is 39.0. The van der Waals surface area contributed by atoms with Crippen LogP contribution in [-0.4, -0.2) is 112 Å². The molecule has 1 saturated heterocycles. The van der Waals surface area contributed by atoms with E-state index in [0.29, 0.717) is 25.6 Å². The minimum atomic E-state index is -1.61. The number of carbonyl (C=O) groups excluding carboxylic acids is 8. The molecule has 22 heteroatoms. The van der Waals surface area contributed by atoms with Crippen LogP contribution in [0.25, 0.3) is 0 Å². The minimum absolute atomic E-state index is 0.0747. The van der Waals surface area contributed by atoms with Gasteiger partial charge in [0.15, 0.2) is 5.78 Å². The number of unbranched alkanes of at least 4 members (excludes halogenated alkanes) is 6. The number of carbonyl (C=O) groups is 10. The molecule has 0 unspecified atom stereocenters. The number of carboxylic acids is 2. The monoisotopic (exact) mass is 1420 g/mol. The molecule has 1 rings (SSSR count). The quantitative estimate of drug-likeness (QED) is 0.0363. The Bertz CT molecular complexity index is 1840. The van der Waals surface area contributed by atoms with E-state index in [4.69, 9.17) is 4.74 Å². The van der Waals surface area contributed by atoms with Crippen molar-refractivity contribution >= 4 is 96.4 Å². The number of carboxylic acid groups (broad SMARTS) is 2. The molecule has 0 aromatic carbocycles. The van der Waals surface area contributed by atoms with Crippen LogP contribution >= 0.6 is 37.2 Å². The van der Waals surface area contributed by atoms with E-state index in [9.17, 15) is 58.2 Å². The van der Waals surface area contributed by atoms with Gasteiger partial charge in [-0.15, -0.1) is 0 Å². The number of cyclic esters (lactones) is 1. The Balaban J connectivity index is 0.0000183. The van der Waals surface area contributed by atoms with Crippen molar-refractivity contribution in [1.29, 1.82) is 0 Å². The standard InChI is InChI=1S/C54H94N6O13.I3/c1-31(2)20-18-16-14-13-15-17-19-21-38-29-45(62)55-39(22-23-46(63)64)50(68)57-41(25-33(5)6)51(69)58-42(26-34(7)8)52(70)60-48(36(11)12)53(71)56-40(30-47(65)66)44(61)28-37(24-32(3)4)49(67)59-43(27-35(9)10)54(72)73-38;1-3-2/h31-43,48H,13-30H2,1-12H3,(H,55,62)(H,56,71)(H,57,68)(H,58,69)(H,59,67)(H,60,70)(H,63,64)(H,65,66);/q;-1/t37-,38+,39-,40-,41-,42+,43-,48-;/m0./s1. The molecule has 0 aliphatic carbocycles. The fourth-order valence-corrected chi connectivity index (χ4v) is 8.89. The molecule has 6 amide bonds. The second kappa shape index (κ2) is 40.3. The Hall–Kier alpha value is -2.91. The van der Waals surface area contributed by atoms with Crippen molar-refractivity contribution < 1.29 is 76.2 Å². The van der Waals surface area contributed by atoms with Crippen LogP contribution in [0.5, 0.6) is 0 Å². The Morgan fingerprint density at radius 1 is 0.513 bits per heavy atom. The number of hydrogen-bond donors (Lipinski definition) is 8. The molecule has 1 heterocycles. The molecule has 0 bridgehead atoms. The van der Waals surface area contributed by atoms with Crippen molar-refractivity contribution in [2.24, 2.45) is 41.4 Å². The number of esters is 1. The number of aliphatic carboxylic acids is 2. The first-order valence-electron chi connectivity index (χ1n) is 27.4. The van der Waals surface area contributed by atoms with Crippen LogP contribution in [0.15, 0.2) is 0 Å². The zero-order valence-electron chi connectivity index (χ0n) is 47.3. The molecular weight excluding hydrogens is 1320 g/mol. The van der Waals surface area contributed by atoms with Crippen molar-refractivity contribution in [3.05, 3.63) is 0 Å². The summed E-state index contributed by atoms with van der Waals surface area (Å²) in [4.78, 5) is 137. The Labute approximate surface area is 483 Å². The number of halogens is 3. The maximum atomic E-state index is 14.2. The van der Waals surface area contributed by atoms with Crippen LogP contribution in [0.2, 0.25) is 0 Å². The van der Waals surface area contributed by atoms with Gasteiger partial charge in [0, 0.05) is 18.8 Å². The van der Waals surface area contributed by atoms with E-state index >= 15 is 0 Å². The average molecular weight is 1420 g/mol. The summed E-state index contributed by atoms with van der Waals surface area (Å²) >= 11 is 5.30. The third-order valence-corrected chi connectivity index (χ3v) is 12.7. The molecule has 19 nitrogen and oxygen atoms in total. The Morgan fingerprint density at radius 2 is 0.961 bits per heavy atom. The van der Waals surface area contributed by atoms with Crippen molar-refractivity contribution in [2.75, 3.05) is 0 Å². The first kappa shape index (κ1) is 73.1. The maximum absolute atomic E-state index is 14.2. The Morgan fingerprint density at radius 3 is 1.43 bits per heavy atom. The van der Waals surface area contributed by atoms with E-state index in [2.05, 4.69) is 83.0 Å². The first-order valence-corrected chi connectivity index (χ1v) is 39.9. The third-order valence-electron chi connectivity index (χ3n) is 12.7. The summed E-state index contributed by atoms with van der Waals surface area (Å²) in [5, 5.41) is 35.5. The molecule has 1 aliphatic rings. The van der Waals surface area contributed by atoms with Gasteiger partial charge in [0.25, 0.3) is 0 Å². The number of hydrogen-bond acceptors (Lipinski definition) is 11. The molecule has 0 aromatic rings. The van der Waals surface area contributed by atoms with Gasteiger partial charge in [-0.3, -0.25) is 43.2 Å². The normalized spacial score (nSPS) is 23.5. The fraction of sp³-hybridized carbons (Fsp3) is 0.815. The van der Waals surface area contributed by atoms with Crippen molar-refractivity contribution in [3.63, 3.8) is 0 Å². The van der Waals surface area contributed by atoms with Gasteiger partial charge in [-0.25, -0.2) is 4.79 Å². The molecule has 76 heavy (non-hydrogen) atoms. The third kappa shape index (κ3) is 33.5. The van der Waals surface area contributed by atoms with Crippen LogP contribution in [-0.2, 0) is 52.7 Å². The predicted octanol–water partition coefficient (Wildman–Crippen LogP) is 4.91. The van der Waals surface area contributed by atoms with E-state index in [1.165, 1.54) is 6.42 Å². The summed E-state index contributed by atoms with van der Waals surface area (Å²) in [6.45, 7) is 22.2. The number of ketones is 1. The van der Waals surface area contributed by atoms with Crippen LogP contribution in [0, 0.1) is 41.4 Å². The fourth-order valence-electron chi connectivity index (χ4n) is 8.89. The molecular formula is C54H94I3N6O13-. The van der Waals surface area contributed by atoms with Crippen molar-refractivity contribution in [3.8, 4) is 0 Å². The summed E-state index contributed by atoms with van der Waals surface area (Å²) in [5.41, 5.74) is 0. The molecule has 440 valence electrons. The molecule has 8 N–H and O–H groups in total. The van der Waals surface area contributed by atoms with Gasteiger partial charge in [-0.05, 0) is 80.5 Å². The van der Waals surface area contributed by atoms with E-state index in [-0.39, 0.29) is 62.2 Å². The number of nitrogens with one attached hydrogen (secondary N) is 6. The Kier molecular flexibility index (Phi) is 38.7. The number of amides is 6. The van der Waals surface area contributed by atoms with E-state index < -0.39 is 139 Å². The van der Waals surface area contributed by atoms with Crippen LogP contribution in [0.3, 0.4) is 0 Å². The van der Waals surface area contributed by atoms with Crippen LogP contribution < -0.4 is 45.2 Å². The average Bonchev–Trinajstić information content (AvgIpc) is 3.28. The SMILES string of the molecule is CC(C)CCCCCCCCC[C@@H]1CC(=O)N[C@@H](CCC(=O)O)C(=O)N[C@@H](CC(C)C)C(=O)N[C@H](CC(C)C)C(=O)N[C@@H](C(C)C)C(=O)N[C@@H](CC(=O)O)C(=O)C[C@H](CC(C)C)C(=O)N[C@@H](CC(C)C)C(=O)O1.I[I-]I. The van der Waals surface area contributed by atoms with Crippen molar-refractivity contribution in [1.82, 2.24) is 31.9 Å². The van der Waals surface area contributed by atoms with E-state index in [1.807, 2.05) is 41.5 Å².